The van der Waals surface area contributed by atoms with Gasteiger partial charge in [0.15, 0.2) is 0 Å². The Labute approximate surface area is 327 Å². The van der Waals surface area contributed by atoms with E-state index in [1.807, 2.05) is 0 Å². The quantitative estimate of drug-likeness (QED) is 0.0412. The van der Waals surface area contributed by atoms with Gasteiger partial charge in [0.25, 0.3) is 0 Å². The van der Waals surface area contributed by atoms with Gasteiger partial charge in [0.05, 0.1) is 6.04 Å². The van der Waals surface area contributed by atoms with E-state index >= 15 is 0 Å². The number of primary amides is 1. The molecule has 0 heterocycles. The van der Waals surface area contributed by atoms with Gasteiger partial charge in [-0.25, -0.2) is 4.79 Å². The van der Waals surface area contributed by atoms with Crippen molar-refractivity contribution in [1.29, 1.82) is 0 Å². The smallest absolute Gasteiger partial charge is 0.326 e. The van der Waals surface area contributed by atoms with Gasteiger partial charge < -0.3 is 59.7 Å². The van der Waals surface area contributed by atoms with Crippen LogP contribution < -0.4 is 49.5 Å². The number of hydrogen-bond donors (Lipinski definition) is 11. The summed E-state index contributed by atoms with van der Waals surface area (Å²) in [7, 11) is 0. The number of nitrogens with two attached hydrogens (primary N) is 4. The van der Waals surface area contributed by atoms with E-state index in [2.05, 4.69) is 26.6 Å². The summed E-state index contributed by atoms with van der Waals surface area (Å²) in [5.74, 6) is -7.82. The summed E-state index contributed by atoms with van der Waals surface area (Å²) in [5.41, 5.74) is 23.0. The zero-order chi connectivity index (χ0) is 42.2. The first-order chi connectivity index (χ1) is 26.5. The van der Waals surface area contributed by atoms with Crippen LogP contribution in [0.4, 0.5) is 0 Å². The minimum absolute atomic E-state index is 0.0258. The highest BCUT2D eigenvalue weighted by Gasteiger charge is 2.34. The Morgan fingerprint density at radius 2 is 1.12 bits per heavy atom. The number of nitrogens with one attached hydrogen (secondary N) is 5. The summed E-state index contributed by atoms with van der Waals surface area (Å²) in [6.07, 6.45) is 1.26. The first kappa shape index (κ1) is 48.9. The molecule has 1 aromatic rings. The molecule has 0 aliphatic carbocycles. The molecule has 0 aromatic heterocycles. The van der Waals surface area contributed by atoms with Crippen LogP contribution in [0, 0.1) is 5.92 Å². The maximum atomic E-state index is 13.9. The molecule has 0 unspecified atom stereocenters. The summed E-state index contributed by atoms with van der Waals surface area (Å²) in [4.78, 5) is 103. The van der Waals surface area contributed by atoms with Crippen molar-refractivity contribution in [3.05, 3.63) is 35.9 Å². The van der Waals surface area contributed by atoms with E-state index < -0.39 is 96.0 Å². The summed E-state index contributed by atoms with van der Waals surface area (Å²) < 4.78 is 0. The number of carbonyl (C=O) groups is 8. The number of rotatable bonds is 29. The van der Waals surface area contributed by atoms with Crippen LogP contribution in [0.2, 0.25) is 0 Å². The van der Waals surface area contributed by atoms with Crippen molar-refractivity contribution in [1.82, 2.24) is 26.6 Å². The largest absolute Gasteiger partial charge is 0.481 e. The highest BCUT2D eigenvalue weighted by Crippen LogP contribution is 2.12. The minimum Gasteiger partial charge on any atom is -0.481 e. The Kier molecular flexibility index (Phi) is 23.2. The summed E-state index contributed by atoms with van der Waals surface area (Å²) in [6.45, 7) is 4.21. The molecule has 0 saturated heterocycles. The maximum absolute atomic E-state index is 13.9. The number of carboxylic acids is 2. The minimum atomic E-state index is -1.50. The number of carboxylic acid groups (broad SMARTS) is 2. The average Bonchev–Trinajstić information content (AvgIpc) is 3.15. The second-order valence-corrected chi connectivity index (χ2v) is 13.8. The molecule has 0 spiro atoms. The van der Waals surface area contributed by atoms with E-state index in [0.717, 1.165) is 0 Å². The van der Waals surface area contributed by atoms with E-state index in [0.29, 0.717) is 50.6 Å². The average molecular weight is 792 g/mol. The van der Waals surface area contributed by atoms with Crippen LogP contribution in [0.3, 0.4) is 0 Å². The van der Waals surface area contributed by atoms with Crippen molar-refractivity contribution in [3.8, 4) is 0 Å². The van der Waals surface area contributed by atoms with Gasteiger partial charge in [-0.1, -0.05) is 57.0 Å². The summed E-state index contributed by atoms with van der Waals surface area (Å²) in [6, 6.07) is 0.849. The van der Waals surface area contributed by atoms with Crippen LogP contribution in [0.25, 0.3) is 0 Å². The molecule has 19 heteroatoms. The molecule has 1 rings (SSSR count). The molecular formula is C37H61N9O10. The fraction of sp³-hybridized carbons (Fsp3) is 0.622. The molecule has 1 aromatic carbocycles. The van der Waals surface area contributed by atoms with Crippen molar-refractivity contribution in [2.75, 3.05) is 13.1 Å². The normalized spacial score (nSPS) is 14.7. The molecule has 6 amide bonds. The highest BCUT2D eigenvalue weighted by atomic mass is 16.4. The standard InChI is InChI=1S/C37H61N9O10/c1-3-22(2)31(46-32(50)24(40)13-7-9-19-38)36(54)43-26(16-18-30(48)49)34(52)42-25(14-8-10-20-39)33(51)45-28(21-23-11-5-4-6-12-23)35(53)44-27(37(55)56)15-17-29(41)47/h4-6,11-12,22,24-28,31H,3,7-10,13-21,38-40H2,1-2H3,(H2,41,47)(H,42,52)(H,43,54)(H,44,53)(H,45,51)(H,46,50)(H,48,49)(H,55,56)/t22-,24-,25-,26-,27-,28-,31-/m0/s1. The molecule has 0 aliphatic rings. The SMILES string of the molecule is CC[C@H](C)[C@H](NC(=O)[C@@H](N)CCCCN)C(=O)N[C@@H](CCC(=O)O)C(=O)N[C@@H](CCCCN)C(=O)N[C@@H](Cc1ccccc1)C(=O)N[C@@H](CCC(N)=O)C(=O)O. The lowest BCUT2D eigenvalue weighted by atomic mass is 9.96. The van der Waals surface area contributed by atoms with Gasteiger partial charge in [-0.3, -0.25) is 33.6 Å². The number of carbonyl (C=O) groups excluding carboxylic acids is 6. The van der Waals surface area contributed by atoms with Gasteiger partial charge in [-0.2, -0.15) is 0 Å². The lowest BCUT2D eigenvalue weighted by Crippen LogP contribution is -2.60. The molecule has 314 valence electrons. The lowest BCUT2D eigenvalue weighted by Gasteiger charge is -2.29. The Balaban J connectivity index is 3.38. The van der Waals surface area contributed by atoms with Crippen molar-refractivity contribution in [2.24, 2.45) is 28.9 Å². The van der Waals surface area contributed by atoms with Gasteiger partial charge in [-0.15, -0.1) is 0 Å². The van der Waals surface area contributed by atoms with E-state index in [1.54, 1.807) is 44.2 Å². The molecule has 19 nitrogen and oxygen atoms in total. The second kappa shape index (κ2) is 26.6. The van der Waals surface area contributed by atoms with Gasteiger partial charge >= 0.3 is 11.9 Å². The van der Waals surface area contributed by atoms with Gasteiger partial charge in [0, 0.05) is 19.3 Å². The van der Waals surface area contributed by atoms with Gasteiger partial charge in [-0.05, 0) is 69.5 Å². The van der Waals surface area contributed by atoms with E-state index in [4.69, 9.17) is 22.9 Å². The monoisotopic (exact) mass is 791 g/mol. The van der Waals surface area contributed by atoms with Gasteiger partial charge in [0.1, 0.15) is 30.2 Å². The molecule has 0 aliphatic heterocycles. The molecule has 15 N–H and O–H groups in total. The molecule has 0 fully saturated rings. The third-order valence-corrected chi connectivity index (χ3v) is 9.17. The molecule has 56 heavy (non-hydrogen) atoms. The Hall–Kier alpha value is -5.14. The number of hydrogen-bond acceptors (Lipinski definition) is 11. The summed E-state index contributed by atoms with van der Waals surface area (Å²) in [5, 5.41) is 31.8. The van der Waals surface area contributed by atoms with Crippen molar-refractivity contribution < 1.29 is 48.6 Å². The predicted octanol–water partition coefficient (Wildman–Crippen LogP) is -1.50. The lowest BCUT2D eigenvalue weighted by molar-refractivity contribution is -0.143. The Morgan fingerprint density at radius 1 is 0.625 bits per heavy atom. The fourth-order valence-corrected chi connectivity index (χ4v) is 5.58. The van der Waals surface area contributed by atoms with Crippen molar-refractivity contribution in [3.63, 3.8) is 0 Å². The molecule has 0 saturated carbocycles. The van der Waals surface area contributed by atoms with Crippen LogP contribution in [0.15, 0.2) is 30.3 Å². The van der Waals surface area contributed by atoms with Crippen LogP contribution in [-0.4, -0.2) is 107 Å². The Bertz CT molecular complexity index is 1450. The van der Waals surface area contributed by atoms with E-state index in [1.165, 1.54) is 0 Å². The topological polar surface area (TPSA) is 341 Å². The number of unbranched alkanes of at least 4 members (excludes halogenated alkanes) is 2. The molecule has 0 bridgehead atoms. The number of benzene rings is 1. The van der Waals surface area contributed by atoms with E-state index in [-0.39, 0.29) is 38.6 Å². The number of aliphatic carboxylic acids is 2. The maximum Gasteiger partial charge on any atom is 0.326 e. The van der Waals surface area contributed by atoms with Crippen LogP contribution in [0.5, 0.6) is 0 Å². The number of amides is 6. The molecular weight excluding hydrogens is 730 g/mol. The van der Waals surface area contributed by atoms with Crippen molar-refractivity contribution in [2.45, 2.75) is 127 Å². The van der Waals surface area contributed by atoms with Crippen molar-refractivity contribution >= 4 is 47.4 Å². The highest BCUT2D eigenvalue weighted by molar-refractivity contribution is 5.96. The van der Waals surface area contributed by atoms with Crippen LogP contribution >= 0.6 is 0 Å². The fourth-order valence-electron chi connectivity index (χ4n) is 5.58. The van der Waals surface area contributed by atoms with Crippen LogP contribution in [-0.2, 0) is 44.8 Å². The van der Waals surface area contributed by atoms with Gasteiger partial charge in [0.2, 0.25) is 35.4 Å². The first-order valence-electron chi connectivity index (χ1n) is 19.0. The van der Waals surface area contributed by atoms with E-state index in [9.17, 15) is 48.6 Å². The first-order valence-corrected chi connectivity index (χ1v) is 19.0. The second-order valence-electron chi connectivity index (χ2n) is 13.8. The van der Waals surface area contributed by atoms with Crippen LogP contribution in [0.1, 0.15) is 90.0 Å². The third-order valence-electron chi connectivity index (χ3n) is 9.17. The third kappa shape index (κ3) is 18.9. The zero-order valence-electron chi connectivity index (χ0n) is 32.3. The molecule has 0 radical (unpaired) electrons. The predicted molar refractivity (Wildman–Crippen MR) is 206 cm³/mol. The Morgan fingerprint density at radius 3 is 1.66 bits per heavy atom. The summed E-state index contributed by atoms with van der Waals surface area (Å²) >= 11 is 0. The zero-order valence-corrected chi connectivity index (χ0v) is 32.3. The molecule has 7 atom stereocenters.